The van der Waals surface area contributed by atoms with E-state index < -0.39 is 0 Å². The van der Waals surface area contributed by atoms with Gasteiger partial charge >= 0.3 is 6.03 Å². The highest BCUT2D eigenvalue weighted by atomic mass is 16.2. The van der Waals surface area contributed by atoms with Crippen molar-refractivity contribution in [1.29, 1.82) is 0 Å². The maximum atomic E-state index is 12.4. The highest BCUT2D eigenvalue weighted by Crippen LogP contribution is 2.18. The number of anilines is 1. The average molecular weight is 385 g/mol. The van der Waals surface area contributed by atoms with Crippen LogP contribution in [0.2, 0.25) is 0 Å². The van der Waals surface area contributed by atoms with Gasteiger partial charge in [0.25, 0.3) is 0 Å². The standard InChI is InChI=1S/C21H32N6O/c1-15-13-19(23-12-6-5-11-22-2)26-20(24-15)27-21(28)25-18-10-9-16-7-3-4-8-17(16)14-18/h3-4,7-10,14-15,19-20,22-24,26H,5-6,11-13H2,1-2H3,(H2,25,27,28). The molecule has 2 aromatic carbocycles. The molecule has 0 saturated carbocycles. The van der Waals surface area contributed by atoms with Gasteiger partial charge in [0.15, 0.2) is 0 Å². The highest BCUT2D eigenvalue weighted by Gasteiger charge is 2.25. The number of carbonyl (C=O) groups excluding carboxylic acids is 1. The van der Waals surface area contributed by atoms with Crippen molar-refractivity contribution in [3.8, 4) is 0 Å². The van der Waals surface area contributed by atoms with Crippen molar-refractivity contribution in [2.45, 2.75) is 44.7 Å². The quantitative estimate of drug-likeness (QED) is 0.393. The third-order valence-electron chi connectivity index (χ3n) is 4.94. The molecule has 3 atom stereocenters. The maximum absolute atomic E-state index is 12.4. The molecule has 3 rings (SSSR count). The molecule has 7 heteroatoms. The van der Waals surface area contributed by atoms with E-state index in [2.05, 4.69) is 44.9 Å². The fourth-order valence-electron chi connectivity index (χ4n) is 3.52. The normalized spacial score (nSPS) is 22.1. The van der Waals surface area contributed by atoms with Crippen LogP contribution >= 0.6 is 0 Å². The van der Waals surface area contributed by atoms with Gasteiger partial charge in [-0.25, -0.2) is 4.79 Å². The summed E-state index contributed by atoms with van der Waals surface area (Å²) < 4.78 is 0. The van der Waals surface area contributed by atoms with Crippen molar-refractivity contribution >= 4 is 22.5 Å². The Labute approximate surface area is 167 Å². The molecule has 28 heavy (non-hydrogen) atoms. The topological polar surface area (TPSA) is 89.2 Å². The molecule has 1 heterocycles. The van der Waals surface area contributed by atoms with Crippen LogP contribution < -0.4 is 31.9 Å². The molecule has 2 amide bonds. The average Bonchev–Trinajstić information content (AvgIpc) is 2.67. The van der Waals surface area contributed by atoms with E-state index >= 15 is 0 Å². The maximum Gasteiger partial charge on any atom is 0.321 e. The van der Waals surface area contributed by atoms with Gasteiger partial charge in [0, 0.05) is 11.7 Å². The fraction of sp³-hybridized carbons (Fsp3) is 0.476. The number of urea groups is 1. The summed E-state index contributed by atoms with van der Waals surface area (Å²) in [5.41, 5.74) is 0.777. The molecule has 0 aromatic heterocycles. The molecular weight excluding hydrogens is 352 g/mol. The molecule has 7 nitrogen and oxygen atoms in total. The largest absolute Gasteiger partial charge is 0.321 e. The molecule has 152 valence electrons. The fourth-order valence-corrected chi connectivity index (χ4v) is 3.52. The minimum atomic E-state index is -0.279. The first-order valence-electron chi connectivity index (χ1n) is 10.1. The Balaban J connectivity index is 1.48. The van der Waals surface area contributed by atoms with Crippen molar-refractivity contribution in [1.82, 2.24) is 26.6 Å². The first-order valence-corrected chi connectivity index (χ1v) is 10.1. The van der Waals surface area contributed by atoms with Crippen molar-refractivity contribution < 1.29 is 4.79 Å². The van der Waals surface area contributed by atoms with Gasteiger partial charge in [0.2, 0.25) is 0 Å². The van der Waals surface area contributed by atoms with Crippen LogP contribution in [0.15, 0.2) is 42.5 Å². The molecule has 0 aliphatic carbocycles. The number of fused-ring (bicyclic) bond motifs is 1. The first kappa shape index (κ1) is 20.5. The van der Waals surface area contributed by atoms with Gasteiger partial charge in [0.1, 0.15) is 6.29 Å². The molecule has 1 fully saturated rings. The van der Waals surface area contributed by atoms with Gasteiger partial charge < -0.3 is 21.3 Å². The van der Waals surface area contributed by atoms with Gasteiger partial charge in [0.05, 0.1) is 6.17 Å². The number of nitrogens with one attached hydrogen (secondary N) is 6. The summed E-state index contributed by atoms with van der Waals surface area (Å²) in [6.45, 7) is 4.13. The molecule has 6 N–H and O–H groups in total. The summed E-state index contributed by atoms with van der Waals surface area (Å²) in [7, 11) is 1.97. The van der Waals surface area contributed by atoms with E-state index in [0.29, 0.717) is 6.04 Å². The van der Waals surface area contributed by atoms with Crippen molar-refractivity contribution in [2.75, 3.05) is 25.5 Å². The Morgan fingerprint density at radius 1 is 1.07 bits per heavy atom. The Morgan fingerprint density at radius 2 is 1.86 bits per heavy atom. The van der Waals surface area contributed by atoms with Crippen LogP contribution in [0.3, 0.4) is 0 Å². The van der Waals surface area contributed by atoms with Gasteiger partial charge in [-0.3, -0.25) is 10.6 Å². The lowest BCUT2D eigenvalue weighted by atomic mass is 10.1. The van der Waals surface area contributed by atoms with Gasteiger partial charge in [-0.1, -0.05) is 30.3 Å². The van der Waals surface area contributed by atoms with E-state index in [1.165, 1.54) is 0 Å². The second kappa shape index (κ2) is 10.4. The third kappa shape index (κ3) is 6.17. The summed E-state index contributed by atoms with van der Waals surface area (Å²) in [6.07, 6.45) is 3.15. The van der Waals surface area contributed by atoms with E-state index in [0.717, 1.165) is 48.8 Å². The van der Waals surface area contributed by atoms with E-state index in [9.17, 15) is 4.79 Å². The molecule has 0 spiro atoms. The first-order chi connectivity index (χ1) is 13.6. The zero-order valence-electron chi connectivity index (χ0n) is 16.7. The number of amides is 2. The van der Waals surface area contributed by atoms with Crippen molar-refractivity contribution in [3.63, 3.8) is 0 Å². The second-order valence-electron chi connectivity index (χ2n) is 7.38. The smallest absolute Gasteiger partial charge is 0.320 e. The number of hydrogen-bond donors (Lipinski definition) is 6. The number of hydrogen-bond acceptors (Lipinski definition) is 5. The van der Waals surface area contributed by atoms with E-state index in [4.69, 9.17) is 0 Å². The zero-order valence-corrected chi connectivity index (χ0v) is 16.7. The Hall–Kier alpha value is -2.19. The summed E-state index contributed by atoms with van der Waals surface area (Å²) in [5, 5.41) is 21.6. The Morgan fingerprint density at radius 3 is 2.68 bits per heavy atom. The molecule has 0 bridgehead atoms. The molecule has 0 radical (unpaired) electrons. The van der Waals surface area contributed by atoms with Crippen molar-refractivity contribution in [2.24, 2.45) is 0 Å². The zero-order chi connectivity index (χ0) is 19.8. The lowest BCUT2D eigenvalue weighted by molar-refractivity contribution is 0.193. The predicted molar refractivity (Wildman–Crippen MR) is 115 cm³/mol. The molecular formula is C21H32N6O. The van der Waals surface area contributed by atoms with Gasteiger partial charge in [-0.15, -0.1) is 0 Å². The number of carbonyl (C=O) groups is 1. The monoisotopic (exact) mass is 384 g/mol. The highest BCUT2D eigenvalue weighted by molar-refractivity contribution is 5.93. The third-order valence-corrected chi connectivity index (χ3v) is 4.94. The minimum absolute atomic E-state index is 0.178. The Kier molecular flexibility index (Phi) is 7.62. The summed E-state index contributed by atoms with van der Waals surface area (Å²) in [4.78, 5) is 12.4. The summed E-state index contributed by atoms with van der Waals surface area (Å²) in [6, 6.07) is 14.1. The SMILES string of the molecule is CNCCCCNC1CC(C)NC(NC(=O)Nc2ccc3ccccc3c2)N1. The number of rotatable bonds is 8. The van der Waals surface area contributed by atoms with Crippen LogP contribution in [-0.2, 0) is 0 Å². The van der Waals surface area contributed by atoms with E-state index in [1.807, 2.05) is 43.4 Å². The van der Waals surface area contributed by atoms with Gasteiger partial charge in [-0.05, 0) is 69.2 Å². The van der Waals surface area contributed by atoms with Crippen LogP contribution in [-0.4, -0.2) is 44.7 Å². The van der Waals surface area contributed by atoms with Gasteiger partial charge in [-0.2, -0.15) is 0 Å². The molecule has 2 aromatic rings. The summed E-state index contributed by atoms with van der Waals surface area (Å²) >= 11 is 0. The van der Waals surface area contributed by atoms with Crippen LogP contribution in [0.1, 0.15) is 26.2 Å². The molecule has 1 aliphatic rings. The second-order valence-corrected chi connectivity index (χ2v) is 7.38. The Bertz CT molecular complexity index is 767. The van der Waals surface area contributed by atoms with E-state index in [-0.39, 0.29) is 18.5 Å². The van der Waals surface area contributed by atoms with Crippen LogP contribution in [0, 0.1) is 0 Å². The number of benzene rings is 2. The molecule has 1 saturated heterocycles. The molecule has 3 unspecified atom stereocenters. The van der Waals surface area contributed by atoms with Crippen LogP contribution in [0.5, 0.6) is 0 Å². The molecule has 1 aliphatic heterocycles. The lowest BCUT2D eigenvalue weighted by Crippen LogP contribution is -2.67. The number of unbranched alkanes of at least 4 members (excludes halogenated alkanes) is 1. The van der Waals surface area contributed by atoms with Crippen molar-refractivity contribution in [3.05, 3.63) is 42.5 Å². The van der Waals surface area contributed by atoms with Crippen LogP contribution in [0.25, 0.3) is 10.8 Å². The predicted octanol–water partition coefficient (Wildman–Crippen LogP) is 2.13. The van der Waals surface area contributed by atoms with E-state index in [1.54, 1.807) is 0 Å². The minimum Gasteiger partial charge on any atom is -0.320 e. The lowest BCUT2D eigenvalue weighted by Gasteiger charge is -2.36. The summed E-state index contributed by atoms with van der Waals surface area (Å²) in [5.74, 6) is 0. The van der Waals surface area contributed by atoms with Crippen LogP contribution in [0.4, 0.5) is 10.5 Å².